The molecule has 1 amide bonds. The number of nitrogens with zero attached hydrogens (tertiary/aromatic N) is 1. The Balaban J connectivity index is 2.48. The van der Waals surface area contributed by atoms with Crippen LogP contribution in [0.3, 0.4) is 0 Å². The molecule has 1 atom stereocenters. The minimum absolute atomic E-state index is 0.0898. The lowest BCUT2D eigenvalue weighted by molar-refractivity contribution is -0.124. The fourth-order valence-electron chi connectivity index (χ4n) is 1.97. The van der Waals surface area contributed by atoms with Crippen molar-refractivity contribution in [1.82, 2.24) is 5.32 Å². The van der Waals surface area contributed by atoms with Crippen molar-refractivity contribution in [2.75, 3.05) is 0 Å². The fourth-order valence-corrected chi connectivity index (χ4v) is 2.35. The molecule has 1 N–H and O–H groups in total. The summed E-state index contributed by atoms with van der Waals surface area (Å²) in [7, 11) is 0. The summed E-state index contributed by atoms with van der Waals surface area (Å²) in [5, 5.41) is 2.83. The molecule has 0 saturated heterocycles. The van der Waals surface area contributed by atoms with Crippen LogP contribution in [-0.4, -0.2) is 17.3 Å². The summed E-state index contributed by atoms with van der Waals surface area (Å²) in [4.78, 5) is 16.0. The van der Waals surface area contributed by atoms with Crippen LogP contribution in [0.5, 0.6) is 0 Å². The molecule has 1 aromatic rings. The van der Waals surface area contributed by atoms with Crippen LogP contribution in [0, 0.1) is 5.92 Å². The van der Waals surface area contributed by atoms with Gasteiger partial charge >= 0.3 is 0 Å². The van der Waals surface area contributed by atoms with E-state index in [1.807, 2.05) is 45.0 Å². The molecule has 1 aliphatic rings. The second-order valence-electron chi connectivity index (χ2n) is 5.10. The second kappa shape index (κ2) is 5.14. The highest BCUT2D eigenvalue weighted by atomic mass is 35.5. The van der Waals surface area contributed by atoms with E-state index < -0.39 is 10.4 Å². The van der Waals surface area contributed by atoms with Gasteiger partial charge in [-0.25, -0.2) is 0 Å². The number of hydrogen-bond acceptors (Lipinski definition) is 2. The average Bonchev–Trinajstić information content (AvgIpc) is 2.67. The largest absolute Gasteiger partial charge is 0.308 e. The van der Waals surface area contributed by atoms with Crippen LogP contribution in [-0.2, 0) is 4.79 Å². The van der Waals surface area contributed by atoms with Crippen molar-refractivity contribution in [2.45, 2.75) is 31.1 Å². The van der Waals surface area contributed by atoms with Crippen LogP contribution in [0.4, 0.5) is 0 Å². The number of carbonyl (C=O) groups excluding carboxylic acids is 1. The Morgan fingerprint density at radius 2 is 1.89 bits per heavy atom. The Kier molecular flexibility index (Phi) is 3.88. The summed E-state index contributed by atoms with van der Waals surface area (Å²) < 4.78 is 0. The molecule has 0 spiro atoms. The van der Waals surface area contributed by atoms with Gasteiger partial charge in [0.2, 0.25) is 0 Å². The molecule has 1 aromatic carbocycles. The van der Waals surface area contributed by atoms with E-state index in [0.29, 0.717) is 5.84 Å². The number of amides is 1. The van der Waals surface area contributed by atoms with Crippen molar-refractivity contribution >= 4 is 34.9 Å². The van der Waals surface area contributed by atoms with Gasteiger partial charge in [0.05, 0.1) is 0 Å². The lowest BCUT2D eigenvalue weighted by Crippen LogP contribution is -2.41. The average molecular weight is 299 g/mol. The highest BCUT2D eigenvalue weighted by Crippen LogP contribution is 2.31. The normalized spacial score (nSPS) is 22.9. The van der Waals surface area contributed by atoms with Gasteiger partial charge in [0.25, 0.3) is 5.91 Å². The number of aliphatic imine (C=N–C) groups is 1. The standard InChI is InChI=1S/C14H16Cl2N2O/c1-8(2)14(3)13(19)17-12(18-14)10-7-5-4-6-9(10)11(15)16/h4-8,11H,1-3H3,(H,17,18,19). The van der Waals surface area contributed by atoms with Gasteiger partial charge in [-0.3, -0.25) is 9.79 Å². The maximum Gasteiger partial charge on any atom is 0.253 e. The van der Waals surface area contributed by atoms with Gasteiger partial charge in [-0.15, -0.1) is 23.2 Å². The van der Waals surface area contributed by atoms with E-state index in [1.165, 1.54) is 0 Å². The van der Waals surface area contributed by atoms with Gasteiger partial charge in [-0.05, 0) is 18.4 Å². The quantitative estimate of drug-likeness (QED) is 0.853. The molecular weight excluding hydrogens is 283 g/mol. The summed E-state index contributed by atoms with van der Waals surface area (Å²) in [6.45, 7) is 5.79. The molecule has 0 aromatic heterocycles. The predicted molar refractivity (Wildman–Crippen MR) is 78.8 cm³/mol. The highest BCUT2D eigenvalue weighted by Gasteiger charge is 2.42. The van der Waals surface area contributed by atoms with Crippen LogP contribution in [0.1, 0.15) is 36.7 Å². The third-order valence-electron chi connectivity index (χ3n) is 3.61. The van der Waals surface area contributed by atoms with Gasteiger partial charge in [0, 0.05) is 5.56 Å². The van der Waals surface area contributed by atoms with Gasteiger partial charge in [0.1, 0.15) is 16.2 Å². The molecule has 3 nitrogen and oxygen atoms in total. The SMILES string of the molecule is CC(C)C1(C)N=C(c2ccccc2C(Cl)Cl)NC1=O. The zero-order valence-electron chi connectivity index (χ0n) is 11.1. The molecule has 102 valence electrons. The Morgan fingerprint density at radius 3 is 2.42 bits per heavy atom. The van der Waals surface area contributed by atoms with E-state index in [4.69, 9.17) is 23.2 Å². The van der Waals surface area contributed by atoms with Gasteiger partial charge in [-0.2, -0.15) is 0 Å². The predicted octanol–water partition coefficient (Wildman–Crippen LogP) is 3.45. The number of amidine groups is 1. The molecule has 2 rings (SSSR count). The fraction of sp³-hybridized carbons (Fsp3) is 0.429. The van der Waals surface area contributed by atoms with Gasteiger partial charge < -0.3 is 5.32 Å². The summed E-state index contributed by atoms with van der Waals surface area (Å²) in [6, 6.07) is 7.42. The summed E-state index contributed by atoms with van der Waals surface area (Å²) in [5.74, 6) is 0.566. The Morgan fingerprint density at radius 1 is 1.26 bits per heavy atom. The van der Waals surface area contributed by atoms with Gasteiger partial charge in [-0.1, -0.05) is 38.1 Å². The third-order valence-corrected chi connectivity index (χ3v) is 4.08. The van der Waals surface area contributed by atoms with Crippen molar-refractivity contribution in [3.63, 3.8) is 0 Å². The van der Waals surface area contributed by atoms with Crippen molar-refractivity contribution < 1.29 is 4.79 Å². The maximum atomic E-state index is 12.1. The lowest BCUT2D eigenvalue weighted by Gasteiger charge is -2.21. The molecule has 1 unspecified atom stereocenters. The van der Waals surface area contributed by atoms with Crippen LogP contribution < -0.4 is 5.32 Å². The first-order valence-corrected chi connectivity index (χ1v) is 7.02. The minimum atomic E-state index is -0.740. The van der Waals surface area contributed by atoms with Crippen LogP contribution in [0.25, 0.3) is 0 Å². The number of alkyl halides is 2. The minimum Gasteiger partial charge on any atom is -0.308 e. The monoisotopic (exact) mass is 298 g/mol. The number of halogens is 2. The number of carbonyl (C=O) groups is 1. The molecule has 0 saturated carbocycles. The van der Waals surface area contributed by atoms with Crippen molar-refractivity contribution in [3.05, 3.63) is 35.4 Å². The van der Waals surface area contributed by atoms with E-state index in [9.17, 15) is 4.79 Å². The van der Waals surface area contributed by atoms with Crippen molar-refractivity contribution in [1.29, 1.82) is 0 Å². The highest BCUT2D eigenvalue weighted by molar-refractivity contribution is 6.44. The van der Waals surface area contributed by atoms with Crippen LogP contribution in [0.2, 0.25) is 0 Å². The van der Waals surface area contributed by atoms with Gasteiger partial charge in [0.15, 0.2) is 0 Å². The summed E-state index contributed by atoms with van der Waals surface area (Å²) >= 11 is 11.9. The first-order valence-electron chi connectivity index (χ1n) is 6.15. The number of rotatable bonds is 3. The molecular formula is C14H16Cl2N2O. The van der Waals surface area contributed by atoms with E-state index in [1.54, 1.807) is 0 Å². The molecule has 1 heterocycles. The molecule has 0 aliphatic carbocycles. The first-order chi connectivity index (χ1) is 8.86. The van der Waals surface area contributed by atoms with Crippen molar-refractivity contribution in [3.8, 4) is 0 Å². The molecule has 5 heteroatoms. The molecule has 0 radical (unpaired) electrons. The number of nitrogens with one attached hydrogen (secondary N) is 1. The maximum absolute atomic E-state index is 12.1. The van der Waals surface area contributed by atoms with Crippen LogP contribution in [0.15, 0.2) is 29.3 Å². The molecule has 0 fully saturated rings. The number of hydrogen-bond donors (Lipinski definition) is 1. The topological polar surface area (TPSA) is 41.5 Å². The van der Waals surface area contributed by atoms with Crippen LogP contribution >= 0.6 is 23.2 Å². The second-order valence-corrected chi connectivity index (χ2v) is 6.20. The summed E-state index contributed by atoms with van der Waals surface area (Å²) in [6.07, 6.45) is 0. The van der Waals surface area contributed by atoms with E-state index in [2.05, 4.69) is 10.3 Å². The Labute approximate surface area is 123 Å². The zero-order chi connectivity index (χ0) is 14.2. The lowest BCUT2D eigenvalue weighted by atomic mass is 9.89. The molecule has 0 bridgehead atoms. The first kappa shape index (κ1) is 14.4. The van der Waals surface area contributed by atoms with Crippen molar-refractivity contribution in [2.24, 2.45) is 10.9 Å². The van der Waals surface area contributed by atoms with E-state index >= 15 is 0 Å². The van der Waals surface area contributed by atoms with E-state index in [-0.39, 0.29) is 11.8 Å². The molecule has 1 aliphatic heterocycles. The Hall–Kier alpha value is -1.06. The number of benzene rings is 1. The Bertz CT molecular complexity index is 540. The zero-order valence-corrected chi connectivity index (χ0v) is 12.6. The summed E-state index contributed by atoms with van der Waals surface area (Å²) in [5.41, 5.74) is 0.782. The third kappa shape index (κ3) is 2.49. The smallest absolute Gasteiger partial charge is 0.253 e. The van der Waals surface area contributed by atoms with E-state index in [0.717, 1.165) is 11.1 Å². The molecule has 19 heavy (non-hydrogen) atoms.